The van der Waals surface area contributed by atoms with Gasteiger partial charge in [0.1, 0.15) is 5.75 Å². The molecular weight excluding hydrogens is 588 g/mol. The average molecular weight is 657 g/mol. The van der Waals surface area contributed by atoms with Crippen molar-refractivity contribution in [2.24, 2.45) is 22.8 Å². The van der Waals surface area contributed by atoms with E-state index < -0.39 is 11.5 Å². The Balaban J connectivity index is 1.41. The van der Waals surface area contributed by atoms with Crippen molar-refractivity contribution in [3.63, 3.8) is 0 Å². The van der Waals surface area contributed by atoms with Gasteiger partial charge in [-0.2, -0.15) is 0 Å². The zero-order valence-electron chi connectivity index (χ0n) is 29.9. The van der Waals surface area contributed by atoms with Gasteiger partial charge in [0.25, 0.3) is 0 Å². The number of benzene rings is 1. The van der Waals surface area contributed by atoms with Gasteiger partial charge in [-0.3, -0.25) is 4.79 Å². The van der Waals surface area contributed by atoms with Gasteiger partial charge in [0, 0.05) is 13.1 Å². The second kappa shape index (κ2) is 21.7. The maximum Gasteiger partial charge on any atom is 0.412 e. The monoisotopic (exact) mass is 657 g/mol. The molecule has 0 spiro atoms. The summed E-state index contributed by atoms with van der Waals surface area (Å²) in [6, 6.07) is 6.12. The molecule has 47 heavy (non-hydrogen) atoms. The lowest BCUT2D eigenvalue weighted by atomic mass is 9.49. The normalized spacial score (nSPS) is 21.9. The van der Waals surface area contributed by atoms with E-state index in [4.69, 9.17) is 16.2 Å². The van der Waals surface area contributed by atoms with Crippen LogP contribution in [0.25, 0.3) is 0 Å². The molecule has 1 saturated carbocycles. The second-order valence-electron chi connectivity index (χ2n) is 14.5. The summed E-state index contributed by atoms with van der Waals surface area (Å²) in [6.45, 7) is 11.2. The van der Waals surface area contributed by atoms with Crippen LogP contribution >= 0.6 is 0 Å². The smallest absolute Gasteiger partial charge is 0.410 e. The Kier molecular flexibility index (Phi) is 18.1. The third-order valence-electron chi connectivity index (χ3n) is 10.8. The van der Waals surface area contributed by atoms with Gasteiger partial charge in [-0.1, -0.05) is 64.9 Å². The van der Waals surface area contributed by atoms with Gasteiger partial charge in [0.05, 0.1) is 5.41 Å². The molecule has 2 aliphatic rings. The maximum atomic E-state index is 13.7. The molecule has 0 saturated heterocycles. The number of aryl methyl sites for hydroxylation is 1. The third-order valence-corrected chi connectivity index (χ3v) is 10.8. The van der Waals surface area contributed by atoms with Crippen molar-refractivity contribution in [1.82, 2.24) is 21.3 Å². The van der Waals surface area contributed by atoms with Crippen LogP contribution in [-0.2, 0) is 16.6 Å². The van der Waals surface area contributed by atoms with E-state index in [1.54, 1.807) is 0 Å². The van der Waals surface area contributed by atoms with Gasteiger partial charge in [0.15, 0.2) is 0 Å². The van der Waals surface area contributed by atoms with E-state index in [0.29, 0.717) is 18.8 Å². The Morgan fingerprint density at radius 1 is 0.745 bits per heavy atom. The van der Waals surface area contributed by atoms with Crippen LogP contribution in [0.4, 0.5) is 4.79 Å². The van der Waals surface area contributed by atoms with Crippen LogP contribution in [0.3, 0.4) is 0 Å². The molecule has 0 aromatic heterocycles. The van der Waals surface area contributed by atoms with Crippen molar-refractivity contribution in [3.8, 4) is 5.75 Å². The fourth-order valence-corrected chi connectivity index (χ4v) is 8.04. The van der Waals surface area contributed by atoms with E-state index in [0.717, 1.165) is 97.1 Å². The minimum absolute atomic E-state index is 0.129. The topological polar surface area (TPSA) is 144 Å². The number of amides is 2. The highest BCUT2D eigenvalue weighted by Crippen LogP contribution is 2.57. The Morgan fingerprint density at radius 2 is 1.32 bits per heavy atom. The van der Waals surface area contributed by atoms with Gasteiger partial charge in [-0.15, -0.1) is 0 Å². The van der Waals surface area contributed by atoms with E-state index in [9.17, 15) is 9.59 Å². The Hall–Kier alpha value is -2.20. The molecule has 8 N–H and O–H groups in total. The Morgan fingerprint density at radius 3 is 1.96 bits per heavy atom. The van der Waals surface area contributed by atoms with Crippen molar-refractivity contribution in [3.05, 3.63) is 29.3 Å². The third kappa shape index (κ3) is 12.6. The molecule has 0 unspecified atom stereocenters. The summed E-state index contributed by atoms with van der Waals surface area (Å²) in [7, 11) is 0. The number of nitrogens with one attached hydrogen (secondary N) is 4. The summed E-state index contributed by atoms with van der Waals surface area (Å²) >= 11 is 0. The highest BCUT2D eigenvalue weighted by atomic mass is 16.6. The number of fused-ring (bicyclic) bond motifs is 3. The van der Waals surface area contributed by atoms with E-state index in [1.165, 1.54) is 62.5 Å². The first-order valence-corrected chi connectivity index (χ1v) is 19.0. The molecule has 1 fully saturated rings. The number of unbranched alkanes of at least 4 members (excludes halogenated alkanes) is 8. The van der Waals surface area contributed by atoms with Crippen molar-refractivity contribution in [2.45, 2.75) is 128 Å². The minimum atomic E-state index is -0.410. The van der Waals surface area contributed by atoms with Gasteiger partial charge in [-0.05, 0) is 138 Å². The van der Waals surface area contributed by atoms with E-state index >= 15 is 0 Å². The first kappa shape index (κ1) is 39.2. The van der Waals surface area contributed by atoms with Crippen molar-refractivity contribution >= 4 is 12.0 Å². The van der Waals surface area contributed by atoms with Crippen molar-refractivity contribution < 1.29 is 14.3 Å². The molecular formula is C38H68N6O3. The van der Waals surface area contributed by atoms with Crippen molar-refractivity contribution in [1.29, 1.82) is 0 Å². The number of ether oxygens (including phenoxy) is 1. The van der Waals surface area contributed by atoms with Crippen LogP contribution in [0.15, 0.2) is 18.2 Å². The molecule has 3 rings (SSSR count). The summed E-state index contributed by atoms with van der Waals surface area (Å²) in [6.07, 6.45) is 18.4. The summed E-state index contributed by atoms with van der Waals surface area (Å²) in [5.41, 5.74) is 13.1. The molecule has 2 amide bonds. The molecule has 268 valence electrons. The van der Waals surface area contributed by atoms with Crippen LogP contribution in [0.1, 0.15) is 128 Å². The van der Waals surface area contributed by atoms with E-state index in [1.807, 2.05) is 6.07 Å². The molecule has 0 heterocycles. The molecule has 1 aromatic carbocycles. The summed E-state index contributed by atoms with van der Waals surface area (Å²) in [5, 5.41) is 13.2. The lowest BCUT2D eigenvalue weighted by Gasteiger charge is -2.54. The van der Waals surface area contributed by atoms with Gasteiger partial charge in [0.2, 0.25) is 5.91 Å². The number of carbonyl (C=O) groups is 2. The summed E-state index contributed by atoms with van der Waals surface area (Å²) < 4.78 is 5.75. The largest absolute Gasteiger partial charge is 0.412 e. The molecule has 0 bridgehead atoms. The predicted molar refractivity (Wildman–Crippen MR) is 194 cm³/mol. The van der Waals surface area contributed by atoms with Crippen LogP contribution in [0.2, 0.25) is 0 Å². The van der Waals surface area contributed by atoms with Gasteiger partial charge < -0.3 is 37.5 Å². The first-order valence-electron chi connectivity index (χ1n) is 19.0. The highest BCUT2D eigenvalue weighted by Gasteiger charge is 2.54. The van der Waals surface area contributed by atoms with Crippen LogP contribution in [-0.4, -0.2) is 64.4 Å². The lowest BCUT2D eigenvalue weighted by molar-refractivity contribution is -0.138. The standard InChI is InChI=1S/C38H68N6O3/c1-37-20-13-21-38(2,35(45)43-28-14-26-41-24-11-7-3-5-9-22-39)34(37)19-17-31-16-18-32(30-33(31)37)47-36(46)44-29-15-27-42-25-12-8-4-6-10-23-40/h16,18,30,34,41-42H,3-15,17,19-29,39-40H2,1-2H3,(H,43,45)(H,44,46)/t34-,37-,38+/m1/s1. The SMILES string of the molecule is C[C@]1(C(=O)NCCCNCCCCCCCN)CCC[C@]2(C)c3cc(OC(=O)NCCCNCCCCCCCN)ccc3CC[C@@H]12. The molecule has 2 aliphatic carbocycles. The minimum Gasteiger partial charge on any atom is -0.410 e. The Bertz CT molecular complexity index is 1050. The second-order valence-corrected chi connectivity index (χ2v) is 14.5. The van der Waals surface area contributed by atoms with Crippen molar-refractivity contribution in [2.75, 3.05) is 52.4 Å². The summed E-state index contributed by atoms with van der Waals surface area (Å²) in [4.78, 5) is 26.3. The molecule has 3 atom stereocenters. The van der Waals surface area contributed by atoms with Crippen LogP contribution in [0.5, 0.6) is 5.75 Å². The van der Waals surface area contributed by atoms with Gasteiger partial charge in [-0.25, -0.2) is 4.79 Å². The maximum absolute atomic E-state index is 13.7. The van der Waals surface area contributed by atoms with E-state index in [2.05, 4.69) is 47.2 Å². The quantitative estimate of drug-likeness (QED) is 0.0786. The number of hydrogen-bond acceptors (Lipinski definition) is 7. The Labute approximate surface area is 285 Å². The lowest BCUT2D eigenvalue weighted by Crippen LogP contribution is -2.55. The van der Waals surface area contributed by atoms with Gasteiger partial charge >= 0.3 is 6.09 Å². The first-order chi connectivity index (χ1) is 22.8. The van der Waals surface area contributed by atoms with Crippen LogP contribution < -0.4 is 37.5 Å². The fraction of sp³-hybridized carbons (Fsp3) is 0.789. The molecule has 0 aliphatic heterocycles. The number of rotatable bonds is 24. The fourth-order valence-electron chi connectivity index (χ4n) is 8.04. The molecule has 1 aromatic rings. The zero-order valence-corrected chi connectivity index (χ0v) is 29.9. The number of nitrogens with two attached hydrogens (primary N) is 2. The average Bonchev–Trinajstić information content (AvgIpc) is 3.06. The molecule has 9 heteroatoms. The number of hydrogen-bond donors (Lipinski definition) is 6. The molecule has 9 nitrogen and oxygen atoms in total. The zero-order chi connectivity index (χ0) is 33.8. The predicted octanol–water partition coefficient (Wildman–Crippen LogP) is 5.68. The number of carbonyl (C=O) groups excluding carboxylic acids is 2. The summed E-state index contributed by atoms with van der Waals surface area (Å²) in [5.74, 6) is 1.02. The highest BCUT2D eigenvalue weighted by molar-refractivity contribution is 5.83. The van der Waals surface area contributed by atoms with E-state index in [-0.39, 0.29) is 17.2 Å². The van der Waals surface area contributed by atoms with Crippen LogP contribution in [0, 0.1) is 11.3 Å². The molecule has 0 radical (unpaired) electrons.